The number of benzene rings is 1. The number of rotatable bonds is 7. The molecule has 3 aromatic heterocycles. The van der Waals surface area contributed by atoms with Crippen LogP contribution in [-0.4, -0.2) is 46.0 Å². The number of pyridine rings is 2. The van der Waals surface area contributed by atoms with Gasteiger partial charge in [0.1, 0.15) is 12.4 Å². The number of amides is 1. The molecule has 31 heavy (non-hydrogen) atoms. The standard InChI is InChI=1S/C25H24N4O2/c1-4-22(30)29(3)13-14-31-21-16-26-12-10-19(21)24-23(18-8-5-7-17(2)15-18)25-20(28-24)9-6-11-27-25/h4-12,15-16,28H,1,13-14H2,2-3H3. The first-order chi connectivity index (χ1) is 15.1. The van der Waals surface area contributed by atoms with E-state index in [1.165, 1.54) is 11.6 Å². The first-order valence-electron chi connectivity index (χ1n) is 10.1. The van der Waals surface area contributed by atoms with Crippen LogP contribution in [0, 0.1) is 6.92 Å². The van der Waals surface area contributed by atoms with Gasteiger partial charge in [-0.3, -0.25) is 14.8 Å². The van der Waals surface area contributed by atoms with E-state index in [-0.39, 0.29) is 5.91 Å². The second kappa shape index (κ2) is 8.83. The fourth-order valence-electron chi connectivity index (χ4n) is 3.56. The van der Waals surface area contributed by atoms with Gasteiger partial charge in [-0.15, -0.1) is 0 Å². The molecule has 0 saturated heterocycles. The van der Waals surface area contributed by atoms with E-state index in [0.29, 0.717) is 18.9 Å². The highest BCUT2D eigenvalue weighted by Gasteiger charge is 2.19. The molecule has 0 aliphatic carbocycles. The van der Waals surface area contributed by atoms with Crippen molar-refractivity contribution in [1.82, 2.24) is 19.9 Å². The number of nitrogens with zero attached hydrogens (tertiary/aromatic N) is 3. The maximum absolute atomic E-state index is 11.7. The van der Waals surface area contributed by atoms with E-state index in [2.05, 4.69) is 46.7 Å². The van der Waals surface area contributed by atoms with Gasteiger partial charge in [-0.1, -0.05) is 36.4 Å². The van der Waals surface area contributed by atoms with Crippen LogP contribution >= 0.6 is 0 Å². The van der Waals surface area contributed by atoms with Gasteiger partial charge in [0.2, 0.25) is 5.91 Å². The van der Waals surface area contributed by atoms with Gasteiger partial charge in [-0.05, 0) is 36.8 Å². The lowest BCUT2D eigenvalue weighted by Gasteiger charge is -2.17. The highest BCUT2D eigenvalue weighted by atomic mass is 16.5. The maximum atomic E-state index is 11.7. The summed E-state index contributed by atoms with van der Waals surface area (Å²) in [5, 5.41) is 0. The molecule has 4 rings (SSSR count). The van der Waals surface area contributed by atoms with Gasteiger partial charge >= 0.3 is 0 Å². The molecule has 0 unspecified atom stereocenters. The van der Waals surface area contributed by atoms with Crippen LogP contribution in [0.3, 0.4) is 0 Å². The molecule has 0 bridgehead atoms. The smallest absolute Gasteiger partial charge is 0.245 e. The molecule has 0 spiro atoms. The fourth-order valence-corrected chi connectivity index (χ4v) is 3.56. The summed E-state index contributed by atoms with van der Waals surface area (Å²) in [6.45, 7) is 6.37. The van der Waals surface area contributed by atoms with Crippen LogP contribution in [0.5, 0.6) is 5.75 Å². The van der Waals surface area contributed by atoms with Crippen molar-refractivity contribution in [3.05, 3.63) is 79.3 Å². The summed E-state index contributed by atoms with van der Waals surface area (Å²) in [5.74, 6) is 0.501. The molecule has 0 fully saturated rings. The number of aromatic nitrogens is 3. The molecule has 6 heteroatoms. The second-order valence-corrected chi connectivity index (χ2v) is 7.33. The Kier molecular flexibility index (Phi) is 5.80. The Labute approximate surface area is 181 Å². The number of hydrogen-bond donors (Lipinski definition) is 1. The molecule has 3 heterocycles. The molecule has 0 aliphatic heterocycles. The lowest BCUT2D eigenvalue weighted by atomic mass is 9.99. The number of H-pyrrole nitrogens is 1. The van der Waals surface area contributed by atoms with Crippen molar-refractivity contribution in [1.29, 1.82) is 0 Å². The zero-order valence-corrected chi connectivity index (χ0v) is 17.6. The van der Waals surface area contributed by atoms with E-state index >= 15 is 0 Å². The number of fused-ring (bicyclic) bond motifs is 1. The van der Waals surface area contributed by atoms with Gasteiger partial charge < -0.3 is 14.6 Å². The van der Waals surface area contributed by atoms with Gasteiger partial charge in [0.05, 0.1) is 29.5 Å². The zero-order chi connectivity index (χ0) is 21.8. The van der Waals surface area contributed by atoms with Crippen molar-refractivity contribution in [3.8, 4) is 28.1 Å². The van der Waals surface area contributed by atoms with Crippen LogP contribution in [0.2, 0.25) is 0 Å². The minimum absolute atomic E-state index is 0.140. The summed E-state index contributed by atoms with van der Waals surface area (Å²) in [5.41, 5.74) is 6.95. The van der Waals surface area contributed by atoms with Gasteiger partial charge in [0.15, 0.2) is 0 Å². The summed E-state index contributed by atoms with van der Waals surface area (Å²) in [4.78, 5) is 25.7. The Morgan fingerprint density at radius 1 is 1.23 bits per heavy atom. The van der Waals surface area contributed by atoms with Crippen LogP contribution in [0.25, 0.3) is 33.4 Å². The number of carbonyl (C=O) groups is 1. The molecular weight excluding hydrogens is 388 g/mol. The Morgan fingerprint density at radius 2 is 2.10 bits per heavy atom. The first kappa shape index (κ1) is 20.3. The van der Waals surface area contributed by atoms with Crippen LogP contribution in [0.4, 0.5) is 0 Å². The molecule has 0 aliphatic rings. The Balaban J connectivity index is 1.75. The van der Waals surface area contributed by atoms with Crippen molar-refractivity contribution in [2.75, 3.05) is 20.2 Å². The van der Waals surface area contributed by atoms with E-state index in [9.17, 15) is 4.79 Å². The predicted octanol–water partition coefficient (Wildman–Crippen LogP) is 4.62. The molecular formula is C25H24N4O2. The highest BCUT2D eigenvalue weighted by Crippen LogP contribution is 2.40. The van der Waals surface area contributed by atoms with Crippen molar-refractivity contribution < 1.29 is 9.53 Å². The minimum Gasteiger partial charge on any atom is -0.489 e. The number of ether oxygens (including phenoxy) is 1. The second-order valence-electron chi connectivity index (χ2n) is 7.33. The summed E-state index contributed by atoms with van der Waals surface area (Å²) < 4.78 is 6.04. The average Bonchev–Trinajstić information content (AvgIpc) is 3.18. The van der Waals surface area contributed by atoms with E-state index in [4.69, 9.17) is 4.74 Å². The van der Waals surface area contributed by atoms with E-state index in [1.54, 1.807) is 30.5 Å². The Bertz CT molecular complexity index is 1250. The van der Waals surface area contributed by atoms with Crippen molar-refractivity contribution in [2.24, 2.45) is 0 Å². The van der Waals surface area contributed by atoms with E-state index < -0.39 is 0 Å². The zero-order valence-electron chi connectivity index (χ0n) is 17.6. The summed E-state index contributed by atoms with van der Waals surface area (Å²) >= 11 is 0. The number of nitrogens with one attached hydrogen (secondary N) is 1. The molecule has 0 saturated carbocycles. The summed E-state index contributed by atoms with van der Waals surface area (Å²) in [6, 6.07) is 14.2. The van der Waals surface area contributed by atoms with Crippen molar-refractivity contribution in [2.45, 2.75) is 6.92 Å². The Hall–Kier alpha value is -3.93. The lowest BCUT2D eigenvalue weighted by molar-refractivity contribution is -0.125. The summed E-state index contributed by atoms with van der Waals surface area (Å²) in [6.07, 6.45) is 6.54. The van der Waals surface area contributed by atoms with Crippen LogP contribution < -0.4 is 4.74 Å². The maximum Gasteiger partial charge on any atom is 0.245 e. The average molecular weight is 412 g/mol. The third-order valence-corrected chi connectivity index (χ3v) is 5.15. The quantitative estimate of drug-likeness (QED) is 0.450. The number of carbonyl (C=O) groups excluding carboxylic acids is 1. The molecule has 0 radical (unpaired) electrons. The minimum atomic E-state index is -0.140. The van der Waals surface area contributed by atoms with E-state index in [0.717, 1.165) is 33.4 Å². The van der Waals surface area contributed by atoms with Crippen LogP contribution in [0.15, 0.2) is 73.7 Å². The monoisotopic (exact) mass is 412 g/mol. The number of hydrogen-bond acceptors (Lipinski definition) is 4. The van der Waals surface area contributed by atoms with E-state index in [1.807, 2.05) is 24.3 Å². The van der Waals surface area contributed by atoms with Crippen LogP contribution in [0.1, 0.15) is 5.56 Å². The Morgan fingerprint density at radius 3 is 2.90 bits per heavy atom. The largest absolute Gasteiger partial charge is 0.489 e. The third-order valence-electron chi connectivity index (χ3n) is 5.15. The number of aryl methyl sites for hydroxylation is 1. The van der Waals surface area contributed by atoms with Crippen molar-refractivity contribution in [3.63, 3.8) is 0 Å². The number of aromatic amines is 1. The van der Waals surface area contributed by atoms with Gasteiger partial charge in [-0.2, -0.15) is 0 Å². The van der Waals surface area contributed by atoms with Gasteiger partial charge in [0, 0.05) is 30.6 Å². The molecule has 156 valence electrons. The van der Waals surface area contributed by atoms with Crippen LogP contribution in [-0.2, 0) is 4.79 Å². The van der Waals surface area contributed by atoms with Crippen molar-refractivity contribution >= 4 is 16.9 Å². The first-order valence-corrected chi connectivity index (χ1v) is 10.1. The molecule has 1 N–H and O–H groups in total. The molecule has 0 atom stereocenters. The van der Waals surface area contributed by atoms with Gasteiger partial charge in [0.25, 0.3) is 0 Å². The molecule has 6 nitrogen and oxygen atoms in total. The number of likely N-dealkylation sites (N-methyl/N-ethyl adjacent to an activating group) is 1. The fraction of sp³-hybridized carbons (Fsp3) is 0.160. The third kappa shape index (κ3) is 4.19. The molecule has 1 amide bonds. The molecule has 1 aromatic carbocycles. The SMILES string of the molecule is C=CC(=O)N(C)CCOc1cnccc1-c1[nH]c2cccnc2c1-c1cccc(C)c1. The molecule has 4 aromatic rings. The summed E-state index contributed by atoms with van der Waals surface area (Å²) in [7, 11) is 1.72. The lowest BCUT2D eigenvalue weighted by Crippen LogP contribution is -2.29. The van der Waals surface area contributed by atoms with Gasteiger partial charge in [-0.25, -0.2) is 0 Å². The predicted molar refractivity (Wildman–Crippen MR) is 123 cm³/mol. The highest BCUT2D eigenvalue weighted by molar-refractivity contribution is 6.02. The normalized spacial score (nSPS) is 10.8. The topological polar surface area (TPSA) is 71.1 Å².